The summed E-state index contributed by atoms with van der Waals surface area (Å²) in [7, 11) is 0. The lowest BCUT2D eigenvalue weighted by atomic mass is 10.2. The van der Waals surface area contributed by atoms with E-state index in [2.05, 4.69) is 21.2 Å². The van der Waals surface area contributed by atoms with Gasteiger partial charge in [-0.2, -0.15) is 0 Å². The minimum absolute atomic E-state index is 0.325. The van der Waals surface area contributed by atoms with E-state index in [9.17, 15) is 9.59 Å². The molecule has 0 heterocycles. The number of rotatable bonds is 6. The molecule has 0 aliphatic carbocycles. The van der Waals surface area contributed by atoms with Gasteiger partial charge in [-0.3, -0.25) is 4.79 Å². The van der Waals surface area contributed by atoms with Crippen LogP contribution in [0.25, 0.3) is 0 Å². The second-order valence-corrected chi connectivity index (χ2v) is 6.26. The highest BCUT2D eigenvalue weighted by Gasteiger charge is 2.10. The maximum absolute atomic E-state index is 11.7. The largest absolute Gasteiger partial charge is 0.480 e. The Hall–Kier alpha value is -2.05. The van der Waals surface area contributed by atoms with Gasteiger partial charge in [-0.05, 0) is 48.9 Å². The Labute approximate surface area is 153 Å². The number of ether oxygens (including phenoxy) is 2. The summed E-state index contributed by atoms with van der Waals surface area (Å²) in [6.45, 7) is 1.17. The van der Waals surface area contributed by atoms with Gasteiger partial charge >= 0.3 is 5.97 Å². The molecule has 0 aromatic heterocycles. The Morgan fingerprint density at radius 1 is 1.12 bits per heavy atom. The number of carbonyl (C=O) groups excluding carboxylic acids is 2. The van der Waals surface area contributed by atoms with E-state index in [4.69, 9.17) is 21.1 Å². The third-order valence-electron chi connectivity index (χ3n) is 2.92. The highest BCUT2D eigenvalue weighted by atomic mass is 79.9. The number of hydrogen-bond donors (Lipinski definition) is 1. The van der Waals surface area contributed by atoms with Gasteiger partial charge in [0.15, 0.2) is 13.2 Å². The van der Waals surface area contributed by atoms with Gasteiger partial charge in [0.1, 0.15) is 5.75 Å². The molecule has 1 amide bonds. The molecule has 24 heavy (non-hydrogen) atoms. The molecule has 2 aromatic carbocycles. The average molecular weight is 413 g/mol. The van der Waals surface area contributed by atoms with E-state index < -0.39 is 11.9 Å². The first-order chi connectivity index (χ1) is 11.4. The van der Waals surface area contributed by atoms with Crippen molar-refractivity contribution in [1.29, 1.82) is 0 Å². The lowest BCUT2D eigenvalue weighted by Crippen LogP contribution is -2.23. The van der Waals surface area contributed by atoms with Crippen molar-refractivity contribution in [2.24, 2.45) is 0 Å². The third-order valence-corrected chi connectivity index (χ3v) is 3.77. The van der Waals surface area contributed by atoms with Crippen LogP contribution in [0.2, 0.25) is 5.02 Å². The maximum Gasteiger partial charge on any atom is 0.344 e. The predicted molar refractivity (Wildman–Crippen MR) is 95.4 cm³/mol. The molecule has 0 saturated carbocycles. The zero-order valence-corrected chi connectivity index (χ0v) is 15.2. The normalized spacial score (nSPS) is 10.1. The van der Waals surface area contributed by atoms with Crippen LogP contribution in [0.1, 0.15) is 5.56 Å². The van der Waals surface area contributed by atoms with Crippen LogP contribution in [-0.2, 0) is 14.3 Å². The summed E-state index contributed by atoms with van der Waals surface area (Å²) in [5.74, 6) is -0.689. The Morgan fingerprint density at radius 2 is 1.83 bits per heavy atom. The summed E-state index contributed by atoms with van der Waals surface area (Å²) in [5, 5.41) is 3.02. The van der Waals surface area contributed by atoms with Gasteiger partial charge in [-0.15, -0.1) is 0 Å². The quantitative estimate of drug-likeness (QED) is 0.729. The first-order valence-corrected chi connectivity index (χ1v) is 8.21. The number of anilines is 1. The van der Waals surface area contributed by atoms with Crippen LogP contribution in [0, 0.1) is 6.92 Å². The van der Waals surface area contributed by atoms with Gasteiger partial charge in [-0.25, -0.2) is 4.79 Å². The Balaban J connectivity index is 1.75. The monoisotopic (exact) mass is 411 g/mol. The fourth-order valence-electron chi connectivity index (χ4n) is 1.78. The first-order valence-electron chi connectivity index (χ1n) is 7.04. The lowest BCUT2D eigenvalue weighted by molar-refractivity contribution is -0.149. The van der Waals surface area contributed by atoms with E-state index in [1.165, 1.54) is 0 Å². The summed E-state index contributed by atoms with van der Waals surface area (Å²) in [5.41, 5.74) is 1.57. The van der Waals surface area contributed by atoms with Gasteiger partial charge in [0.05, 0.1) is 5.02 Å². The fraction of sp³-hybridized carbons (Fsp3) is 0.176. The molecular formula is C17H15BrClNO4. The molecule has 0 aliphatic rings. The number of hydrogen-bond acceptors (Lipinski definition) is 4. The number of benzene rings is 2. The highest BCUT2D eigenvalue weighted by molar-refractivity contribution is 9.10. The number of aryl methyl sites for hydroxylation is 1. The summed E-state index contributed by atoms with van der Waals surface area (Å²) in [6.07, 6.45) is 0. The zero-order chi connectivity index (χ0) is 17.5. The zero-order valence-electron chi connectivity index (χ0n) is 12.8. The molecule has 0 saturated heterocycles. The highest BCUT2D eigenvalue weighted by Crippen LogP contribution is 2.25. The van der Waals surface area contributed by atoms with E-state index in [1.807, 2.05) is 13.0 Å². The minimum Gasteiger partial charge on any atom is -0.480 e. The molecule has 126 valence electrons. The van der Waals surface area contributed by atoms with Crippen molar-refractivity contribution in [2.75, 3.05) is 18.5 Å². The van der Waals surface area contributed by atoms with E-state index in [1.54, 1.807) is 36.4 Å². The molecule has 5 nitrogen and oxygen atoms in total. The molecule has 7 heteroatoms. The number of esters is 1. The molecule has 0 spiro atoms. The van der Waals surface area contributed by atoms with Crippen LogP contribution in [0.3, 0.4) is 0 Å². The summed E-state index contributed by atoms with van der Waals surface area (Å²) in [6, 6.07) is 12.3. The molecule has 2 aromatic rings. The van der Waals surface area contributed by atoms with Crippen molar-refractivity contribution in [2.45, 2.75) is 6.92 Å². The second kappa shape index (κ2) is 8.70. The van der Waals surface area contributed by atoms with Crippen LogP contribution in [-0.4, -0.2) is 25.1 Å². The standard InChI is InChI=1S/C17H15BrClNO4/c1-11-2-7-14(19)15(8-11)23-10-17(22)24-9-16(21)20-13-5-3-12(18)4-6-13/h2-8H,9-10H2,1H3,(H,20,21). The number of amides is 1. The Kier molecular flexibility index (Phi) is 6.63. The van der Waals surface area contributed by atoms with E-state index in [0.29, 0.717) is 16.5 Å². The van der Waals surface area contributed by atoms with Gasteiger partial charge in [-0.1, -0.05) is 33.6 Å². The Morgan fingerprint density at radius 3 is 2.54 bits per heavy atom. The topological polar surface area (TPSA) is 64.6 Å². The van der Waals surface area contributed by atoms with Crippen molar-refractivity contribution in [3.05, 3.63) is 57.5 Å². The molecule has 0 bridgehead atoms. The van der Waals surface area contributed by atoms with Crippen LogP contribution in [0.5, 0.6) is 5.75 Å². The van der Waals surface area contributed by atoms with Crippen LogP contribution in [0.15, 0.2) is 46.9 Å². The van der Waals surface area contributed by atoms with Gasteiger partial charge < -0.3 is 14.8 Å². The summed E-state index contributed by atoms with van der Waals surface area (Å²) >= 11 is 9.27. The molecule has 0 fully saturated rings. The van der Waals surface area contributed by atoms with Gasteiger partial charge in [0.25, 0.3) is 5.91 Å². The minimum atomic E-state index is -0.654. The smallest absolute Gasteiger partial charge is 0.344 e. The van der Waals surface area contributed by atoms with Crippen molar-refractivity contribution in [1.82, 2.24) is 0 Å². The summed E-state index contributed by atoms with van der Waals surface area (Å²) in [4.78, 5) is 23.4. The van der Waals surface area contributed by atoms with E-state index >= 15 is 0 Å². The fourth-order valence-corrected chi connectivity index (χ4v) is 2.21. The van der Waals surface area contributed by atoms with E-state index in [0.717, 1.165) is 10.0 Å². The Bertz CT molecular complexity index is 734. The molecule has 0 aliphatic heterocycles. The first kappa shape index (κ1) is 18.3. The molecule has 0 radical (unpaired) electrons. The second-order valence-electron chi connectivity index (χ2n) is 4.94. The SMILES string of the molecule is Cc1ccc(Cl)c(OCC(=O)OCC(=O)Nc2ccc(Br)cc2)c1. The van der Waals surface area contributed by atoms with Crippen LogP contribution < -0.4 is 10.1 Å². The number of halogens is 2. The number of nitrogens with one attached hydrogen (secondary N) is 1. The predicted octanol–water partition coefficient (Wildman–Crippen LogP) is 3.97. The molecule has 2 rings (SSSR count). The van der Waals surface area contributed by atoms with Crippen molar-refractivity contribution in [3.63, 3.8) is 0 Å². The number of carbonyl (C=O) groups is 2. The van der Waals surface area contributed by atoms with E-state index in [-0.39, 0.29) is 13.2 Å². The molecular weight excluding hydrogens is 398 g/mol. The summed E-state index contributed by atoms with van der Waals surface area (Å²) < 4.78 is 11.1. The third kappa shape index (κ3) is 5.86. The maximum atomic E-state index is 11.7. The van der Waals surface area contributed by atoms with Crippen LogP contribution >= 0.6 is 27.5 Å². The lowest BCUT2D eigenvalue weighted by Gasteiger charge is -2.09. The van der Waals surface area contributed by atoms with Crippen LogP contribution in [0.4, 0.5) is 5.69 Å². The molecule has 0 unspecified atom stereocenters. The molecule has 1 N–H and O–H groups in total. The van der Waals surface area contributed by atoms with Crippen molar-refractivity contribution >= 4 is 45.1 Å². The average Bonchev–Trinajstić information content (AvgIpc) is 2.56. The van der Waals surface area contributed by atoms with Gasteiger partial charge in [0, 0.05) is 10.2 Å². The van der Waals surface area contributed by atoms with Crippen molar-refractivity contribution in [3.8, 4) is 5.75 Å². The molecule has 0 atom stereocenters. The van der Waals surface area contributed by atoms with Gasteiger partial charge in [0.2, 0.25) is 0 Å². The van der Waals surface area contributed by atoms with Crippen molar-refractivity contribution < 1.29 is 19.1 Å².